The molecule has 2 aromatic rings. The van der Waals surface area contributed by atoms with Gasteiger partial charge in [-0.3, -0.25) is 0 Å². The van der Waals surface area contributed by atoms with Gasteiger partial charge in [-0.2, -0.15) is 0 Å². The molecule has 0 radical (unpaired) electrons. The minimum Gasteiger partial charge on any atom is -0.456 e. The van der Waals surface area contributed by atoms with E-state index in [1.807, 2.05) is 13.0 Å². The first-order valence-corrected chi connectivity index (χ1v) is 5.81. The molecule has 0 aliphatic carbocycles. The molecule has 0 amide bonds. The van der Waals surface area contributed by atoms with Crippen LogP contribution in [0.25, 0.3) is 0 Å². The van der Waals surface area contributed by atoms with Gasteiger partial charge in [0.1, 0.15) is 11.5 Å². The summed E-state index contributed by atoms with van der Waals surface area (Å²) in [6.45, 7) is 1.92. The number of nitrogen functional groups attached to an aromatic ring is 1. The topological polar surface area (TPSA) is 35.2 Å². The van der Waals surface area contributed by atoms with E-state index in [-0.39, 0.29) is 0 Å². The lowest BCUT2D eigenvalue weighted by atomic mass is 10.2. The van der Waals surface area contributed by atoms with Crippen LogP contribution in [-0.4, -0.2) is 0 Å². The molecule has 2 rings (SSSR count). The Morgan fingerprint density at radius 1 is 1.06 bits per heavy atom. The molecule has 2 aromatic carbocycles. The summed E-state index contributed by atoms with van der Waals surface area (Å²) in [6.07, 6.45) is 0. The molecule has 0 saturated carbocycles. The van der Waals surface area contributed by atoms with Crippen molar-refractivity contribution in [2.45, 2.75) is 6.92 Å². The third-order valence-electron chi connectivity index (χ3n) is 2.36. The van der Waals surface area contributed by atoms with Crippen LogP contribution in [-0.2, 0) is 0 Å². The fourth-order valence-electron chi connectivity index (χ4n) is 1.40. The van der Waals surface area contributed by atoms with Gasteiger partial charge < -0.3 is 10.5 Å². The highest BCUT2D eigenvalue weighted by molar-refractivity contribution is 6.35. The zero-order valence-corrected chi connectivity index (χ0v) is 10.7. The van der Waals surface area contributed by atoms with E-state index in [2.05, 4.69) is 0 Å². The molecule has 0 saturated heterocycles. The molecule has 2 nitrogen and oxygen atoms in total. The molecular formula is C13H11Cl2NO. The summed E-state index contributed by atoms with van der Waals surface area (Å²) in [5, 5.41) is 1.06. The Kier molecular flexibility index (Phi) is 3.46. The van der Waals surface area contributed by atoms with Crippen LogP contribution in [0.1, 0.15) is 5.56 Å². The van der Waals surface area contributed by atoms with E-state index >= 15 is 0 Å². The van der Waals surface area contributed by atoms with Gasteiger partial charge >= 0.3 is 0 Å². The Labute approximate surface area is 110 Å². The van der Waals surface area contributed by atoms with Crippen LogP contribution in [0.3, 0.4) is 0 Å². The number of ether oxygens (including phenoxy) is 1. The molecule has 0 aromatic heterocycles. The van der Waals surface area contributed by atoms with Gasteiger partial charge in [0, 0.05) is 10.7 Å². The minimum atomic E-state index is 0.479. The van der Waals surface area contributed by atoms with E-state index in [9.17, 15) is 0 Å². The molecule has 2 N–H and O–H groups in total. The minimum absolute atomic E-state index is 0.479. The second-order valence-corrected chi connectivity index (χ2v) is 4.54. The normalized spacial score (nSPS) is 10.3. The van der Waals surface area contributed by atoms with E-state index < -0.39 is 0 Å². The molecule has 0 bridgehead atoms. The number of rotatable bonds is 2. The summed E-state index contributed by atoms with van der Waals surface area (Å²) >= 11 is 11.8. The lowest BCUT2D eigenvalue weighted by Crippen LogP contribution is -1.91. The van der Waals surface area contributed by atoms with E-state index in [1.165, 1.54) is 0 Å². The number of halogens is 2. The number of nitrogens with two attached hydrogens (primary N) is 1. The molecule has 0 unspecified atom stereocenters. The summed E-state index contributed by atoms with van der Waals surface area (Å²) in [5.74, 6) is 1.26. The van der Waals surface area contributed by atoms with Crippen LogP contribution in [0.5, 0.6) is 11.5 Å². The third-order valence-corrected chi connectivity index (χ3v) is 2.89. The van der Waals surface area contributed by atoms with E-state index in [4.69, 9.17) is 33.7 Å². The van der Waals surface area contributed by atoms with E-state index in [1.54, 1.807) is 30.3 Å². The van der Waals surface area contributed by atoms with Crippen LogP contribution in [0.15, 0.2) is 36.4 Å². The first-order chi connectivity index (χ1) is 8.06. The van der Waals surface area contributed by atoms with Crippen molar-refractivity contribution in [3.05, 3.63) is 52.0 Å². The molecule has 0 spiro atoms. The number of anilines is 1. The quantitative estimate of drug-likeness (QED) is 0.803. The van der Waals surface area contributed by atoms with Crippen molar-refractivity contribution in [3.8, 4) is 11.5 Å². The standard InChI is InChI=1S/C13H11Cl2NO/c1-8-6-10(3-4-12(8)16)17-13-5-2-9(14)7-11(13)15/h2-7H,16H2,1H3. The molecule has 0 atom stereocenters. The monoisotopic (exact) mass is 267 g/mol. The predicted molar refractivity (Wildman–Crippen MR) is 72.1 cm³/mol. The maximum Gasteiger partial charge on any atom is 0.146 e. The SMILES string of the molecule is Cc1cc(Oc2ccc(Cl)cc2Cl)ccc1N. The first kappa shape index (κ1) is 12.1. The second kappa shape index (κ2) is 4.86. The smallest absolute Gasteiger partial charge is 0.146 e. The van der Waals surface area contributed by atoms with Crippen LogP contribution in [0, 0.1) is 6.92 Å². The summed E-state index contributed by atoms with van der Waals surface area (Å²) in [5.41, 5.74) is 7.43. The van der Waals surface area contributed by atoms with Crippen molar-refractivity contribution in [2.24, 2.45) is 0 Å². The average Bonchev–Trinajstić information content (AvgIpc) is 2.27. The van der Waals surface area contributed by atoms with Gasteiger partial charge in [-0.1, -0.05) is 23.2 Å². The molecule has 0 heterocycles. The van der Waals surface area contributed by atoms with Gasteiger partial charge in [0.2, 0.25) is 0 Å². The number of aryl methyl sites for hydroxylation is 1. The first-order valence-electron chi connectivity index (χ1n) is 5.05. The van der Waals surface area contributed by atoms with Crippen LogP contribution in [0.2, 0.25) is 10.0 Å². The Hall–Kier alpha value is -1.38. The average molecular weight is 268 g/mol. The van der Waals surface area contributed by atoms with E-state index in [0.717, 1.165) is 11.3 Å². The third kappa shape index (κ3) is 2.84. The molecule has 0 fully saturated rings. The highest BCUT2D eigenvalue weighted by atomic mass is 35.5. The van der Waals surface area contributed by atoms with Crippen LogP contribution < -0.4 is 10.5 Å². The van der Waals surface area contributed by atoms with Gasteiger partial charge in [-0.05, 0) is 48.9 Å². The lowest BCUT2D eigenvalue weighted by molar-refractivity contribution is 0.482. The van der Waals surface area contributed by atoms with Crippen molar-refractivity contribution in [3.63, 3.8) is 0 Å². The second-order valence-electron chi connectivity index (χ2n) is 3.70. The van der Waals surface area contributed by atoms with Crippen LogP contribution >= 0.6 is 23.2 Å². The Morgan fingerprint density at radius 2 is 1.82 bits per heavy atom. The summed E-state index contributed by atoms with van der Waals surface area (Å²) in [7, 11) is 0. The fourth-order valence-corrected chi connectivity index (χ4v) is 1.84. The Bertz CT molecular complexity index is 555. The van der Waals surface area contributed by atoms with Crippen LogP contribution in [0.4, 0.5) is 5.69 Å². The largest absolute Gasteiger partial charge is 0.456 e. The van der Waals surface area contributed by atoms with Crippen molar-refractivity contribution in [1.82, 2.24) is 0 Å². The van der Waals surface area contributed by atoms with Gasteiger partial charge in [0.05, 0.1) is 5.02 Å². The molecule has 17 heavy (non-hydrogen) atoms. The zero-order valence-electron chi connectivity index (χ0n) is 9.21. The maximum atomic E-state index is 6.02. The van der Waals surface area contributed by atoms with Gasteiger partial charge in [0.15, 0.2) is 0 Å². The predicted octanol–water partition coefficient (Wildman–Crippen LogP) is 4.68. The summed E-state index contributed by atoms with van der Waals surface area (Å²) in [4.78, 5) is 0. The van der Waals surface area contributed by atoms with Crippen molar-refractivity contribution < 1.29 is 4.74 Å². The van der Waals surface area contributed by atoms with Crippen molar-refractivity contribution >= 4 is 28.9 Å². The Balaban J connectivity index is 2.28. The Morgan fingerprint density at radius 3 is 2.47 bits per heavy atom. The highest BCUT2D eigenvalue weighted by Crippen LogP contribution is 2.32. The van der Waals surface area contributed by atoms with Gasteiger partial charge in [-0.15, -0.1) is 0 Å². The lowest BCUT2D eigenvalue weighted by Gasteiger charge is -2.09. The number of benzene rings is 2. The summed E-state index contributed by atoms with van der Waals surface area (Å²) in [6, 6.07) is 10.6. The summed E-state index contributed by atoms with van der Waals surface area (Å²) < 4.78 is 5.65. The molecular weight excluding hydrogens is 257 g/mol. The molecule has 0 aliphatic heterocycles. The molecule has 0 aliphatic rings. The van der Waals surface area contributed by atoms with Gasteiger partial charge in [-0.25, -0.2) is 0 Å². The fraction of sp³-hybridized carbons (Fsp3) is 0.0769. The highest BCUT2D eigenvalue weighted by Gasteiger charge is 2.04. The number of hydrogen-bond donors (Lipinski definition) is 1. The zero-order chi connectivity index (χ0) is 12.4. The number of hydrogen-bond acceptors (Lipinski definition) is 2. The van der Waals surface area contributed by atoms with Crippen molar-refractivity contribution in [2.75, 3.05) is 5.73 Å². The van der Waals surface area contributed by atoms with E-state index in [0.29, 0.717) is 21.5 Å². The maximum absolute atomic E-state index is 6.02. The molecule has 4 heteroatoms. The molecule has 88 valence electrons. The van der Waals surface area contributed by atoms with Gasteiger partial charge in [0.25, 0.3) is 0 Å². The van der Waals surface area contributed by atoms with Crippen molar-refractivity contribution in [1.29, 1.82) is 0 Å².